The van der Waals surface area contributed by atoms with E-state index < -0.39 is 4.92 Å². The Bertz CT molecular complexity index is 474. The SMILES string of the molecule is CC(CNc1ccc([N+](=O)[O-])c(N)n1)N1CCCCC1. The Morgan fingerprint density at radius 1 is 1.45 bits per heavy atom. The minimum absolute atomic E-state index is 0.0503. The summed E-state index contributed by atoms with van der Waals surface area (Å²) in [6, 6.07) is 3.39. The van der Waals surface area contributed by atoms with E-state index in [0.717, 1.165) is 19.6 Å². The second-order valence-electron chi connectivity index (χ2n) is 5.18. The van der Waals surface area contributed by atoms with Gasteiger partial charge in [-0.25, -0.2) is 4.98 Å². The summed E-state index contributed by atoms with van der Waals surface area (Å²) in [4.78, 5) is 16.6. The van der Waals surface area contributed by atoms with Crippen molar-refractivity contribution < 1.29 is 4.92 Å². The molecule has 0 bridgehead atoms. The highest BCUT2D eigenvalue weighted by atomic mass is 16.6. The number of likely N-dealkylation sites (tertiary alicyclic amines) is 1. The number of nitrogens with two attached hydrogens (primary N) is 1. The molecule has 0 radical (unpaired) electrons. The molecule has 1 fully saturated rings. The van der Waals surface area contributed by atoms with Crippen LogP contribution < -0.4 is 11.1 Å². The minimum Gasteiger partial charge on any atom is -0.378 e. The molecule has 1 atom stereocenters. The van der Waals surface area contributed by atoms with Crippen molar-refractivity contribution in [3.63, 3.8) is 0 Å². The molecule has 7 nitrogen and oxygen atoms in total. The second-order valence-corrected chi connectivity index (χ2v) is 5.18. The minimum atomic E-state index is -0.525. The number of pyridine rings is 1. The summed E-state index contributed by atoms with van der Waals surface area (Å²) in [5.41, 5.74) is 5.42. The molecule has 0 aromatic carbocycles. The largest absolute Gasteiger partial charge is 0.378 e. The number of nitrogens with one attached hydrogen (secondary N) is 1. The molecular weight excluding hydrogens is 258 g/mol. The van der Waals surface area contributed by atoms with Gasteiger partial charge in [0.15, 0.2) is 0 Å². The average molecular weight is 279 g/mol. The predicted molar refractivity (Wildman–Crippen MR) is 78.7 cm³/mol. The molecule has 1 aromatic heterocycles. The van der Waals surface area contributed by atoms with E-state index in [2.05, 4.69) is 22.1 Å². The van der Waals surface area contributed by atoms with E-state index in [1.165, 1.54) is 25.3 Å². The molecule has 1 saturated heterocycles. The van der Waals surface area contributed by atoms with Crippen LogP contribution >= 0.6 is 0 Å². The zero-order chi connectivity index (χ0) is 14.5. The lowest BCUT2D eigenvalue weighted by Gasteiger charge is -2.32. The van der Waals surface area contributed by atoms with Crippen molar-refractivity contribution in [3.05, 3.63) is 22.2 Å². The van der Waals surface area contributed by atoms with Gasteiger partial charge < -0.3 is 11.1 Å². The highest BCUT2D eigenvalue weighted by Crippen LogP contribution is 2.21. The van der Waals surface area contributed by atoms with E-state index in [0.29, 0.717) is 11.9 Å². The number of anilines is 2. The third-order valence-electron chi connectivity index (χ3n) is 3.69. The molecule has 3 N–H and O–H groups in total. The summed E-state index contributed by atoms with van der Waals surface area (Å²) in [6.07, 6.45) is 3.83. The van der Waals surface area contributed by atoms with Gasteiger partial charge in [-0.15, -0.1) is 0 Å². The number of nitrogen functional groups attached to an aromatic ring is 1. The molecule has 2 rings (SSSR count). The van der Waals surface area contributed by atoms with Crippen LogP contribution in [0.1, 0.15) is 26.2 Å². The molecular formula is C13H21N5O2. The lowest BCUT2D eigenvalue weighted by molar-refractivity contribution is -0.384. The van der Waals surface area contributed by atoms with Crippen molar-refractivity contribution in [1.29, 1.82) is 0 Å². The maximum absolute atomic E-state index is 10.7. The van der Waals surface area contributed by atoms with E-state index in [4.69, 9.17) is 5.73 Å². The van der Waals surface area contributed by atoms with Gasteiger partial charge in [0.25, 0.3) is 0 Å². The first-order chi connectivity index (χ1) is 9.58. The maximum Gasteiger partial charge on any atom is 0.311 e. The van der Waals surface area contributed by atoms with Crippen molar-refractivity contribution >= 4 is 17.3 Å². The van der Waals surface area contributed by atoms with Gasteiger partial charge >= 0.3 is 5.69 Å². The van der Waals surface area contributed by atoms with Crippen LogP contribution in [-0.4, -0.2) is 40.5 Å². The molecule has 0 aliphatic carbocycles. The normalized spacial score (nSPS) is 17.6. The second kappa shape index (κ2) is 6.51. The smallest absolute Gasteiger partial charge is 0.311 e. The van der Waals surface area contributed by atoms with Gasteiger partial charge in [0.2, 0.25) is 5.82 Å². The first-order valence-corrected chi connectivity index (χ1v) is 6.97. The third-order valence-corrected chi connectivity index (χ3v) is 3.69. The first kappa shape index (κ1) is 14.5. The van der Waals surface area contributed by atoms with Crippen molar-refractivity contribution in [1.82, 2.24) is 9.88 Å². The molecule has 1 aromatic rings. The fourth-order valence-electron chi connectivity index (χ4n) is 2.46. The zero-order valence-corrected chi connectivity index (χ0v) is 11.7. The van der Waals surface area contributed by atoms with Gasteiger partial charge in [0, 0.05) is 18.7 Å². The van der Waals surface area contributed by atoms with Crippen LogP contribution in [0.15, 0.2) is 12.1 Å². The monoisotopic (exact) mass is 279 g/mol. The lowest BCUT2D eigenvalue weighted by Crippen LogP contribution is -2.41. The van der Waals surface area contributed by atoms with Crippen LogP contribution in [0.5, 0.6) is 0 Å². The Hall–Kier alpha value is -1.89. The Labute approximate surface area is 118 Å². The number of nitro groups is 1. The summed E-state index contributed by atoms with van der Waals surface area (Å²) in [7, 11) is 0. The van der Waals surface area contributed by atoms with Crippen LogP contribution in [0.2, 0.25) is 0 Å². The van der Waals surface area contributed by atoms with Crippen molar-refractivity contribution in [2.24, 2.45) is 0 Å². The molecule has 0 spiro atoms. The fraction of sp³-hybridized carbons (Fsp3) is 0.615. The van der Waals surface area contributed by atoms with Crippen LogP contribution in [0.25, 0.3) is 0 Å². The van der Waals surface area contributed by atoms with Gasteiger partial charge in [-0.1, -0.05) is 6.42 Å². The van der Waals surface area contributed by atoms with Crippen LogP contribution in [0, 0.1) is 10.1 Å². The zero-order valence-electron chi connectivity index (χ0n) is 11.7. The summed E-state index contributed by atoms with van der Waals surface area (Å²) in [6.45, 7) is 5.20. The Morgan fingerprint density at radius 2 is 2.15 bits per heavy atom. The quantitative estimate of drug-likeness (QED) is 0.630. The molecule has 1 aliphatic heterocycles. The molecule has 1 aliphatic rings. The van der Waals surface area contributed by atoms with Gasteiger partial charge in [-0.2, -0.15) is 0 Å². The van der Waals surface area contributed by atoms with Gasteiger partial charge in [0.1, 0.15) is 5.82 Å². The average Bonchev–Trinajstić information content (AvgIpc) is 2.45. The number of hydrogen-bond donors (Lipinski definition) is 2. The highest BCUT2D eigenvalue weighted by molar-refractivity contribution is 5.57. The Balaban J connectivity index is 1.90. The summed E-state index contributed by atoms with van der Waals surface area (Å²) in [5.74, 6) is 0.530. The molecule has 20 heavy (non-hydrogen) atoms. The van der Waals surface area contributed by atoms with Crippen molar-refractivity contribution in [3.8, 4) is 0 Å². The van der Waals surface area contributed by atoms with Crippen molar-refractivity contribution in [2.45, 2.75) is 32.2 Å². The topological polar surface area (TPSA) is 97.3 Å². The molecule has 0 amide bonds. The molecule has 0 saturated carbocycles. The fourth-order valence-corrected chi connectivity index (χ4v) is 2.46. The maximum atomic E-state index is 10.7. The van der Waals surface area contributed by atoms with Gasteiger partial charge in [-0.05, 0) is 38.9 Å². The standard InChI is InChI=1S/C13H21N5O2/c1-10(17-7-3-2-4-8-17)9-15-12-6-5-11(18(19)20)13(14)16-12/h5-6,10H,2-4,7-9H2,1H3,(H3,14,15,16). The van der Waals surface area contributed by atoms with Gasteiger partial charge in [-0.3, -0.25) is 15.0 Å². The Kier molecular flexibility index (Phi) is 4.73. The molecule has 7 heteroatoms. The van der Waals surface area contributed by atoms with Gasteiger partial charge in [0.05, 0.1) is 4.92 Å². The predicted octanol–water partition coefficient (Wildman–Crippen LogP) is 1.86. The van der Waals surface area contributed by atoms with E-state index >= 15 is 0 Å². The summed E-state index contributed by atoms with van der Waals surface area (Å²) in [5, 5.41) is 13.9. The number of hydrogen-bond acceptors (Lipinski definition) is 6. The van der Waals surface area contributed by atoms with Crippen LogP contribution in [0.4, 0.5) is 17.3 Å². The van der Waals surface area contributed by atoms with Crippen LogP contribution in [-0.2, 0) is 0 Å². The summed E-state index contributed by atoms with van der Waals surface area (Å²) < 4.78 is 0. The van der Waals surface area contributed by atoms with E-state index in [9.17, 15) is 10.1 Å². The van der Waals surface area contributed by atoms with E-state index in [1.54, 1.807) is 6.07 Å². The number of nitrogens with zero attached hydrogens (tertiary/aromatic N) is 3. The molecule has 110 valence electrons. The van der Waals surface area contributed by atoms with E-state index in [-0.39, 0.29) is 11.5 Å². The number of piperidine rings is 1. The first-order valence-electron chi connectivity index (χ1n) is 6.97. The Morgan fingerprint density at radius 3 is 2.75 bits per heavy atom. The molecule has 2 heterocycles. The van der Waals surface area contributed by atoms with Crippen molar-refractivity contribution in [2.75, 3.05) is 30.7 Å². The lowest BCUT2D eigenvalue weighted by atomic mass is 10.1. The third kappa shape index (κ3) is 3.57. The number of rotatable bonds is 5. The summed E-state index contributed by atoms with van der Waals surface area (Å²) >= 11 is 0. The van der Waals surface area contributed by atoms with Crippen LogP contribution in [0.3, 0.4) is 0 Å². The number of aromatic nitrogens is 1. The molecule has 1 unspecified atom stereocenters. The van der Waals surface area contributed by atoms with E-state index in [1.807, 2.05) is 0 Å². The highest BCUT2D eigenvalue weighted by Gasteiger charge is 2.17.